The lowest BCUT2D eigenvalue weighted by atomic mass is 10.3. The topological polar surface area (TPSA) is 57.5 Å². The van der Waals surface area contributed by atoms with Crippen molar-refractivity contribution in [2.75, 3.05) is 0 Å². The van der Waals surface area contributed by atoms with Gasteiger partial charge in [0.15, 0.2) is 0 Å². The Hall–Kier alpha value is 1.21. The van der Waals surface area contributed by atoms with E-state index in [9.17, 15) is 14.4 Å². The van der Waals surface area contributed by atoms with Gasteiger partial charge in [-0.05, 0) is 3.38 Å². The van der Waals surface area contributed by atoms with Crippen molar-refractivity contribution in [1.82, 2.24) is 0 Å². The minimum absolute atomic E-state index is 0.211. The lowest BCUT2D eigenvalue weighted by Crippen LogP contribution is -2.46. The highest BCUT2D eigenvalue weighted by molar-refractivity contribution is 7.58. The van der Waals surface area contributed by atoms with Gasteiger partial charge in [0.2, 0.25) is 0 Å². The first-order chi connectivity index (χ1) is 10.3. The Balaban J connectivity index is 5.66. The first-order valence-electron chi connectivity index (χ1n) is 9.39. The molecule has 0 spiro atoms. The van der Waals surface area contributed by atoms with Crippen LogP contribution in [0.3, 0.4) is 0 Å². The summed E-state index contributed by atoms with van der Waals surface area (Å²) in [7, 11) is -3.99. The summed E-state index contributed by atoms with van der Waals surface area (Å²) in [6.45, 7) is 17.7. The number of hydrogen-bond donors (Lipinski definition) is 2. The monoisotopic (exact) mass is 376 g/mol. The molecule has 0 aliphatic heterocycles. The van der Waals surface area contributed by atoms with Crippen molar-refractivity contribution in [3.8, 4) is 0 Å². The normalized spacial score (nSPS) is 13.0. The average molecular weight is 376 g/mol. The lowest BCUT2D eigenvalue weighted by Gasteiger charge is -2.32. The summed E-state index contributed by atoms with van der Waals surface area (Å²) in [5.41, 5.74) is 0. The molecular formula is C17H39Al2O3P. The maximum absolute atomic E-state index is 12.5. The molecule has 23 heavy (non-hydrogen) atoms. The van der Waals surface area contributed by atoms with Gasteiger partial charge < -0.3 is 9.79 Å². The smallest absolute Gasteiger partial charge is 0.303 e. The molecule has 3 nitrogen and oxygen atoms in total. The maximum Gasteiger partial charge on any atom is 0.303 e. The Labute approximate surface area is 153 Å². The minimum Gasteiger partial charge on any atom is -0.326 e. The molecule has 0 heterocycles. The molecule has 0 aliphatic rings. The predicted octanol–water partition coefficient (Wildman–Crippen LogP) is 5.22. The van der Waals surface area contributed by atoms with Crippen LogP contribution >= 0.6 is 7.60 Å². The van der Waals surface area contributed by atoms with Crippen LogP contribution in [0.5, 0.6) is 0 Å². The molecule has 0 radical (unpaired) electrons. The van der Waals surface area contributed by atoms with E-state index in [1.54, 1.807) is 0 Å². The van der Waals surface area contributed by atoms with E-state index in [0.29, 0.717) is 23.7 Å². The van der Waals surface area contributed by atoms with E-state index in [1.807, 2.05) is 0 Å². The van der Waals surface area contributed by atoms with Gasteiger partial charge in [0, 0.05) is 0 Å². The molecule has 0 amide bonds. The minimum atomic E-state index is -3.99. The van der Waals surface area contributed by atoms with E-state index in [2.05, 4.69) is 55.4 Å². The summed E-state index contributed by atoms with van der Waals surface area (Å²) in [4.78, 5) is 20.5. The molecule has 0 saturated heterocycles. The van der Waals surface area contributed by atoms with Crippen molar-refractivity contribution in [1.29, 1.82) is 0 Å². The largest absolute Gasteiger partial charge is 0.326 e. The molecule has 136 valence electrons. The Kier molecular flexibility index (Phi) is 11.6. The summed E-state index contributed by atoms with van der Waals surface area (Å²) < 4.78 is 12.3. The van der Waals surface area contributed by atoms with E-state index in [0.717, 1.165) is 21.1 Å². The van der Waals surface area contributed by atoms with Crippen molar-refractivity contribution < 1.29 is 14.4 Å². The van der Waals surface area contributed by atoms with Crippen molar-refractivity contribution in [2.45, 2.75) is 79.9 Å². The molecular weight excluding hydrogens is 337 g/mol. The van der Waals surface area contributed by atoms with Gasteiger partial charge in [0.25, 0.3) is 28.3 Å². The zero-order chi connectivity index (χ0) is 18.4. The molecule has 0 rings (SSSR count). The number of hydrogen-bond acceptors (Lipinski definition) is 1. The zero-order valence-corrected chi connectivity index (χ0v) is 19.8. The second-order valence-electron chi connectivity index (χ2n) is 9.12. The van der Waals surface area contributed by atoms with Crippen LogP contribution in [0.4, 0.5) is 0 Å². The third kappa shape index (κ3) is 10.7. The van der Waals surface area contributed by atoms with E-state index in [-0.39, 0.29) is 3.38 Å². The summed E-state index contributed by atoms with van der Waals surface area (Å²) >= 11 is -2.93. The van der Waals surface area contributed by atoms with Gasteiger partial charge in [-0.1, -0.05) is 100 Å². The summed E-state index contributed by atoms with van der Waals surface area (Å²) in [5, 5.41) is 4.31. The maximum atomic E-state index is 12.5. The molecule has 0 bridgehead atoms. The van der Waals surface area contributed by atoms with Crippen LogP contribution < -0.4 is 0 Å². The Morgan fingerprint density at radius 1 is 0.652 bits per heavy atom. The molecule has 0 unspecified atom stereocenters. The van der Waals surface area contributed by atoms with Crippen LogP contribution in [0.1, 0.15) is 55.4 Å². The van der Waals surface area contributed by atoms with Gasteiger partial charge >= 0.3 is 7.60 Å². The van der Waals surface area contributed by atoms with Crippen LogP contribution in [-0.2, 0) is 4.57 Å². The second kappa shape index (κ2) is 11.0. The molecule has 6 heteroatoms. The molecule has 0 aromatic rings. The quantitative estimate of drug-likeness (QED) is 0.384. The molecule has 2 N–H and O–H groups in total. The van der Waals surface area contributed by atoms with E-state index in [1.165, 1.54) is 0 Å². The fourth-order valence-electron chi connectivity index (χ4n) is 4.11. The molecule has 0 fully saturated rings. The van der Waals surface area contributed by atoms with Gasteiger partial charge in [0.1, 0.15) is 0 Å². The second-order valence-corrected chi connectivity index (χ2v) is 19.1. The van der Waals surface area contributed by atoms with Gasteiger partial charge in [-0.15, -0.1) is 0 Å². The van der Waals surface area contributed by atoms with Crippen molar-refractivity contribution in [3.63, 3.8) is 0 Å². The van der Waals surface area contributed by atoms with Crippen LogP contribution in [0.2, 0.25) is 21.1 Å². The van der Waals surface area contributed by atoms with Crippen molar-refractivity contribution >= 4 is 35.9 Å². The molecule has 0 atom stereocenters. The van der Waals surface area contributed by atoms with Crippen molar-refractivity contribution in [3.05, 3.63) is 0 Å². The van der Waals surface area contributed by atoms with E-state index < -0.39 is 35.9 Å². The molecule has 0 aromatic carbocycles. The van der Waals surface area contributed by atoms with Gasteiger partial charge in [-0.2, -0.15) is 0 Å². The van der Waals surface area contributed by atoms with E-state index >= 15 is 0 Å². The molecule has 0 aliphatic carbocycles. The third-order valence-electron chi connectivity index (χ3n) is 4.45. The Morgan fingerprint density at radius 2 is 0.870 bits per heavy atom. The fourth-order valence-corrected chi connectivity index (χ4v) is 21.3. The van der Waals surface area contributed by atoms with Crippen LogP contribution in [0.15, 0.2) is 0 Å². The standard InChI is InChI=1S/4C4H9.CH3O3P.2Al/c4*1-4(2)3;1-5(2,3)4;;/h4*4H,1H2,2-3H3;1H,(H2,2,3,4);;. The van der Waals surface area contributed by atoms with Crippen LogP contribution in [-0.4, -0.2) is 41.5 Å². The van der Waals surface area contributed by atoms with Crippen LogP contribution in [0.25, 0.3) is 0 Å². The van der Waals surface area contributed by atoms with Crippen LogP contribution in [0, 0.1) is 23.7 Å². The highest BCUT2D eigenvalue weighted by Gasteiger charge is 2.47. The highest BCUT2D eigenvalue weighted by Crippen LogP contribution is 2.48. The van der Waals surface area contributed by atoms with Crippen molar-refractivity contribution in [2.24, 2.45) is 23.7 Å². The molecule has 0 saturated carbocycles. The first-order valence-corrected chi connectivity index (χ1v) is 15.7. The van der Waals surface area contributed by atoms with Gasteiger partial charge in [-0.3, -0.25) is 4.57 Å². The Bertz CT molecular complexity index is 323. The third-order valence-corrected chi connectivity index (χ3v) is 21.5. The average Bonchev–Trinajstić information content (AvgIpc) is 2.22. The SMILES string of the molecule is CC(C)[CH2][Al]([CH2]C(C)C)[CH]([Al]([CH2]C(C)C)[CH2]C(C)C)P(=O)(O)O. The predicted molar refractivity (Wildman–Crippen MR) is 106 cm³/mol. The lowest BCUT2D eigenvalue weighted by molar-refractivity contribution is 0.374. The zero-order valence-electron chi connectivity index (χ0n) is 16.6. The van der Waals surface area contributed by atoms with E-state index in [4.69, 9.17) is 0 Å². The highest BCUT2D eigenvalue weighted by atomic mass is 31.2. The van der Waals surface area contributed by atoms with Gasteiger partial charge in [0.05, 0.1) is 0 Å². The Morgan fingerprint density at radius 3 is 1.00 bits per heavy atom. The summed E-state index contributed by atoms with van der Waals surface area (Å²) in [6, 6.07) is 0. The van der Waals surface area contributed by atoms with Gasteiger partial charge in [-0.25, -0.2) is 0 Å². The fraction of sp³-hybridized carbons (Fsp3) is 1.00. The number of rotatable bonds is 11. The summed E-state index contributed by atoms with van der Waals surface area (Å²) in [6.07, 6.45) is 0. The molecule has 0 aromatic heterocycles. The summed E-state index contributed by atoms with van der Waals surface area (Å²) in [5.74, 6) is 2.19. The first kappa shape index (κ1) is 24.2.